The highest BCUT2D eigenvalue weighted by Gasteiger charge is 2.04. The van der Waals surface area contributed by atoms with Crippen molar-refractivity contribution in [1.29, 1.82) is 0 Å². The maximum atomic E-state index is 4.34. The molecule has 0 saturated carbocycles. The fourth-order valence-electron chi connectivity index (χ4n) is 1.93. The van der Waals surface area contributed by atoms with E-state index in [-0.39, 0.29) is 0 Å². The molecule has 0 aliphatic heterocycles. The van der Waals surface area contributed by atoms with Crippen LogP contribution in [0.3, 0.4) is 0 Å². The van der Waals surface area contributed by atoms with Crippen LogP contribution in [0.4, 0.5) is 0 Å². The van der Waals surface area contributed by atoms with Crippen molar-refractivity contribution in [2.24, 2.45) is 7.05 Å². The molecule has 0 atom stereocenters. The third-order valence-corrected chi connectivity index (χ3v) is 4.10. The Kier molecular flexibility index (Phi) is 5.13. The number of likely N-dealkylation sites (N-methyl/N-ethyl adjacent to an activating group) is 1. The maximum absolute atomic E-state index is 4.34. The first-order valence-electron chi connectivity index (χ1n) is 6.56. The predicted molar refractivity (Wildman–Crippen MR) is 80.3 cm³/mol. The smallest absolute Gasteiger partial charge is 0.122 e. The molecule has 2 heterocycles. The minimum Gasteiger partial charge on any atom is -0.337 e. The Bertz CT molecular complexity index is 503. The number of nitrogens with one attached hydrogen (secondary N) is 1. The summed E-state index contributed by atoms with van der Waals surface area (Å²) in [4.78, 5) is 9.41. The summed E-state index contributed by atoms with van der Waals surface area (Å²) in [7, 11) is 4.17. The van der Waals surface area contributed by atoms with E-state index in [4.69, 9.17) is 0 Å². The Morgan fingerprint density at radius 3 is 2.89 bits per heavy atom. The molecule has 2 rings (SSSR count). The van der Waals surface area contributed by atoms with Gasteiger partial charge >= 0.3 is 0 Å². The summed E-state index contributed by atoms with van der Waals surface area (Å²) in [6.07, 6.45) is 3.83. The normalized spacial score (nSPS) is 11.4. The molecule has 4 nitrogen and oxygen atoms in total. The molecule has 0 spiro atoms. The second-order valence-electron chi connectivity index (χ2n) is 4.88. The van der Waals surface area contributed by atoms with Crippen LogP contribution >= 0.6 is 11.3 Å². The van der Waals surface area contributed by atoms with Crippen LogP contribution in [0.15, 0.2) is 24.5 Å². The van der Waals surface area contributed by atoms with Gasteiger partial charge in [-0.1, -0.05) is 0 Å². The molecule has 0 unspecified atom stereocenters. The minimum absolute atomic E-state index is 0.892. The minimum atomic E-state index is 0.892. The molecule has 2 aromatic rings. The number of thiophene rings is 1. The van der Waals surface area contributed by atoms with E-state index >= 15 is 0 Å². The van der Waals surface area contributed by atoms with Gasteiger partial charge in [-0.3, -0.25) is 4.90 Å². The van der Waals surface area contributed by atoms with Crippen molar-refractivity contribution < 1.29 is 0 Å². The van der Waals surface area contributed by atoms with Gasteiger partial charge in [-0.2, -0.15) is 0 Å². The van der Waals surface area contributed by atoms with Gasteiger partial charge in [0.2, 0.25) is 0 Å². The molecule has 0 radical (unpaired) electrons. The zero-order valence-corrected chi connectivity index (χ0v) is 12.7. The summed E-state index contributed by atoms with van der Waals surface area (Å²) in [5.41, 5.74) is 0. The largest absolute Gasteiger partial charge is 0.337 e. The molecule has 0 fully saturated rings. The van der Waals surface area contributed by atoms with Crippen LogP contribution in [0.1, 0.15) is 15.6 Å². The van der Waals surface area contributed by atoms with Gasteiger partial charge in [0.1, 0.15) is 5.82 Å². The first-order chi connectivity index (χ1) is 9.15. The first kappa shape index (κ1) is 14.2. The van der Waals surface area contributed by atoms with Crippen molar-refractivity contribution >= 4 is 11.3 Å². The predicted octanol–water partition coefficient (Wildman–Crippen LogP) is 2.01. The molecule has 0 aliphatic carbocycles. The van der Waals surface area contributed by atoms with E-state index in [1.807, 2.05) is 30.8 Å². The summed E-state index contributed by atoms with van der Waals surface area (Å²) < 4.78 is 2.07. The van der Waals surface area contributed by atoms with E-state index in [9.17, 15) is 0 Å². The highest BCUT2D eigenvalue weighted by Crippen LogP contribution is 2.14. The highest BCUT2D eigenvalue weighted by atomic mass is 32.1. The monoisotopic (exact) mass is 278 g/mol. The van der Waals surface area contributed by atoms with E-state index in [0.717, 1.165) is 32.0 Å². The lowest BCUT2D eigenvalue weighted by Crippen LogP contribution is -2.29. The third kappa shape index (κ3) is 4.45. The van der Waals surface area contributed by atoms with Crippen LogP contribution in [-0.4, -0.2) is 34.6 Å². The molecule has 5 heteroatoms. The van der Waals surface area contributed by atoms with Gasteiger partial charge in [-0.05, 0) is 26.1 Å². The van der Waals surface area contributed by atoms with Gasteiger partial charge in [-0.15, -0.1) is 11.3 Å². The Hall–Kier alpha value is -1.17. The van der Waals surface area contributed by atoms with E-state index < -0.39 is 0 Å². The first-order valence-corrected chi connectivity index (χ1v) is 7.37. The number of hydrogen-bond donors (Lipinski definition) is 1. The zero-order valence-electron chi connectivity index (χ0n) is 11.9. The van der Waals surface area contributed by atoms with Gasteiger partial charge < -0.3 is 9.88 Å². The molecular formula is C14H22N4S. The number of rotatable bonds is 7. The second kappa shape index (κ2) is 6.84. The summed E-state index contributed by atoms with van der Waals surface area (Å²) >= 11 is 1.86. The number of aromatic nitrogens is 2. The molecule has 0 amide bonds. The second-order valence-corrected chi connectivity index (χ2v) is 6.25. The van der Waals surface area contributed by atoms with Crippen molar-refractivity contribution in [1.82, 2.24) is 19.8 Å². The van der Waals surface area contributed by atoms with Crippen molar-refractivity contribution in [2.45, 2.75) is 20.0 Å². The van der Waals surface area contributed by atoms with Gasteiger partial charge in [0.15, 0.2) is 0 Å². The molecule has 104 valence electrons. The molecule has 2 aromatic heterocycles. The van der Waals surface area contributed by atoms with Crippen LogP contribution in [-0.2, 0) is 20.1 Å². The van der Waals surface area contributed by atoms with Gasteiger partial charge in [0.05, 0.1) is 6.54 Å². The fraction of sp³-hybridized carbons (Fsp3) is 0.500. The highest BCUT2D eigenvalue weighted by molar-refractivity contribution is 7.11. The molecule has 0 aromatic carbocycles. The Balaban J connectivity index is 1.64. The van der Waals surface area contributed by atoms with E-state index in [1.165, 1.54) is 9.75 Å². The SMILES string of the molecule is Cc1ccc(CNCCN(C)Cc2nccn2C)s1. The summed E-state index contributed by atoms with van der Waals surface area (Å²) in [5, 5.41) is 3.48. The molecular weight excluding hydrogens is 256 g/mol. The van der Waals surface area contributed by atoms with Crippen molar-refractivity contribution in [2.75, 3.05) is 20.1 Å². The maximum Gasteiger partial charge on any atom is 0.122 e. The Labute approximate surface area is 119 Å². The van der Waals surface area contributed by atoms with E-state index in [2.05, 4.69) is 45.9 Å². The number of nitrogens with zero attached hydrogens (tertiary/aromatic N) is 3. The van der Waals surface area contributed by atoms with Crippen molar-refractivity contribution in [3.05, 3.63) is 40.1 Å². The summed E-state index contributed by atoms with van der Waals surface area (Å²) in [6.45, 7) is 6.03. The van der Waals surface area contributed by atoms with Gasteiger partial charge in [0.25, 0.3) is 0 Å². The van der Waals surface area contributed by atoms with Gasteiger partial charge in [-0.25, -0.2) is 4.98 Å². The molecule has 0 aliphatic rings. The lowest BCUT2D eigenvalue weighted by atomic mass is 10.4. The number of aryl methyl sites for hydroxylation is 2. The van der Waals surface area contributed by atoms with Gasteiger partial charge in [0, 0.05) is 48.8 Å². The number of hydrogen-bond acceptors (Lipinski definition) is 4. The summed E-state index contributed by atoms with van der Waals surface area (Å²) in [6, 6.07) is 4.37. The zero-order chi connectivity index (χ0) is 13.7. The standard InChI is InChI=1S/C14H22N4S/c1-12-4-5-13(19-12)10-15-6-8-17(2)11-14-16-7-9-18(14)3/h4-5,7,9,15H,6,8,10-11H2,1-3H3. The van der Waals surface area contributed by atoms with E-state index in [1.54, 1.807) is 0 Å². The molecule has 1 N–H and O–H groups in total. The van der Waals surface area contributed by atoms with Crippen LogP contribution in [0.2, 0.25) is 0 Å². The quantitative estimate of drug-likeness (QED) is 0.787. The van der Waals surface area contributed by atoms with Crippen LogP contribution in [0, 0.1) is 6.92 Å². The third-order valence-electron chi connectivity index (χ3n) is 3.10. The Morgan fingerprint density at radius 1 is 1.42 bits per heavy atom. The average molecular weight is 278 g/mol. The van der Waals surface area contributed by atoms with Crippen LogP contribution < -0.4 is 5.32 Å². The van der Waals surface area contributed by atoms with Crippen LogP contribution in [0.25, 0.3) is 0 Å². The number of imidazole rings is 1. The fourth-order valence-corrected chi connectivity index (χ4v) is 2.79. The average Bonchev–Trinajstić information content (AvgIpc) is 2.95. The van der Waals surface area contributed by atoms with E-state index in [0.29, 0.717) is 0 Å². The molecule has 19 heavy (non-hydrogen) atoms. The van der Waals surface area contributed by atoms with Crippen molar-refractivity contribution in [3.8, 4) is 0 Å². The lowest BCUT2D eigenvalue weighted by Gasteiger charge is -2.16. The van der Waals surface area contributed by atoms with Crippen LogP contribution in [0.5, 0.6) is 0 Å². The molecule has 0 saturated heterocycles. The Morgan fingerprint density at radius 2 is 2.26 bits per heavy atom. The lowest BCUT2D eigenvalue weighted by molar-refractivity contribution is 0.313. The molecule has 0 bridgehead atoms. The summed E-state index contributed by atoms with van der Waals surface area (Å²) in [5.74, 6) is 1.11. The topological polar surface area (TPSA) is 33.1 Å². The van der Waals surface area contributed by atoms with Crippen molar-refractivity contribution in [3.63, 3.8) is 0 Å².